The predicted octanol–water partition coefficient (Wildman–Crippen LogP) is 1.59. The Hall–Kier alpha value is -2.24. The molecule has 0 fully saturated rings. The van der Waals surface area contributed by atoms with Crippen molar-refractivity contribution in [3.63, 3.8) is 0 Å². The molecule has 100 valence electrons. The normalized spacial score (nSPS) is 13.0. The zero-order valence-corrected chi connectivity index (χ0v) is 11.0. The standard InChI is InChI=1S/C13H14N2O4/c1-16-8-6-9(17-2)14-11-10(8)15-13-7(4-5-19-13)12(11)18-3/h6H,4-5H2,1-3H3. The van der Waals surface area contributed by atoms with E-state index in [9.17, 15) is 0 Å². The smallest absolute Gasteiger partial charge is 0.221 e. The van der Waals surface area contributed by atoms with E-state index in [0.29, 0.717) is 40.9 Å². The first kappa shape index (κ1) is 11.8. The van der Waals surface area contributed by atoms with Crippen molar-refractivity contribution >= 4 is 11.0 Å². The van der Waals surface area contributed by atoms with Gasteiger partial charge < -0.3 is 18.9 Å². The first-order valence-corrected chi connectivity index (χ1v) is 5.91. The van der Waals surface area contributed by atoms with Crippen molar-refractivity contribution in [1.29, 1.82) is 0 Å². The van der Waals surface area contributed by atoms with E-state index in [1.54, 1.807) is 27.4 Å². The molecule has 0 aliphatic carbocycles. The van der Waals surface area contributed by atoms with Gasteiger partial charge >= 0.3 is 0 Å². The van der Waals surface area contributed by atoms with Crippen LogP contribution in [0.1, 0.15) is 5.56 Å². The van der Waals surface area contributed by atoms with Gasteiger partial charge in [-0.15, -0.1) is 0 Å². The number of hydrogen-bond donors (Lipinski definition) is 0. The van der Waals surface area contributed by atoms with Crippen LogP contribution in [-0.2, 0) is 6.42 Å². The van der Waals surface area contributed by atoms with Crippen LogP contribution in [-0.4, -0.2) is 37.9 Å². The number of aromatic nitrogens is 2. The van der Waals surface area contributed by atoms with Crippen molar-refractivity contribution in [3.8, 4) is 23.3 Å². The number of methoxy groups -OCH3 is 3. The topological polar surface area (TPSA) is 62.7 Å². The molecule has 0 amide bonds. The summed E-state index contributed by atoms with van der Waals surface area (Å²) >= 11 is 0. The van der Waals surface area contributed by atoms with Crippen molar-refractivity contribution in [1.82, 2.24) is 9.97 Å². The maximum Gasteiger partial charge on any atom is 0.221 e. The number of nitrogens with zero attached hydrogens (tertiary/aromatic N) is 2. The number of fused-ring (bicyclic) bond motifs is 2. The largest absolute Gasteiger partial charge is 0.494 e. The van der Waals surface area contributed by atoms with E-state index >= 15 is 0 Å². The maximum absolute atomic E-state index is 5.50. The summed E-state index contributed by atoms with van der Waals surface area (Å²) in [6, 6.07) is 1.69. The molecule has 3 rings (SSSR count). The van der Waals surface area contributed by atoms with Gasteiger partial charge in [-0.3, -0.25) is 0 Å². The van der Waals surface area contributed by atoms with Crippen LogP contribution in [0.2, 0.25) is 0 Å². The van der Waals surface area contributed by atoms with E-state index in [-0.39, 0.29) is 0 Å². The molecule has 2 aromatic rings. The van der Waals surface area contributed by atoms with Gasteiger partial charge in [0.2, 0.25) is 11.8 Å². The molecule has 2 aromatic heterocycles. The molecular formula is C13H14N2O4. The van der Waals surface area contributed by atoms with Crippen LogP contribution in [0.3, 0.4) is 0 Å². The molecule has 6 heteroatoms. The van der Waals surface area contributed by atoms with Gasteiger partial charge in [0, 0.05) is 12.5 Å². The van der Waals surface area contributed by atoms with Crippen LogP contribution < -0.4 is 18.9 Å². The van der Waals surface area contributed by atoms with E-state index in [4.69, 9.17) is 18.9 Å². The maximum atomic E-state index is 5.50. The minimum Gasteiger partial charge on any atom is -0.494 e. The van der Waals surface area contributed by atoms with Crippen molar-refractivity contribution in [2.24, 2.45) is 0 Å². The molecule has 0 N–H and O–H groups in total. The van der Waals surface area contributed by atoms with Gasteiger partial charge in [-0.05, 0) is 0 Å². The summed E-state index contributed by atoms with van der Waals surface area (Å²) < 4.78 is 21.5. The lowest BCUT2D eigenvalue weighted by molar-refractivity contribution is 0.345. The third kappa shape index (κ3) is 1.71. The Bertz CT molecular complexity index is 642. The molecule has 0 spiro atoms. The summed E-state index contributed by atoms with van der Waals surface area (Å²) in [5, 5.41) is 0. The third-order valence-corrected chi connectivity index (χ3v) is 3.12. The van der Waals surface area contributed by atoms with Crippen molar-refractivity contribution < 1.29 is 18.9 Å². The highest BCUT2D eigenvalue weighted by atomic mass is 16.5. The van der Waals surface area contributed by atoms with Crippen LogP contribution in [0.25, 0.3) is 11.0 Å². The summed E-state index contributed by atoms with van der Waals surface area (Å²) in [5.41, 5.74) is 2.18. The fourth-order valence-electron chi connectivity index (χ4n) is 2.24. The molecule has 1 aliphatic heterocycles. The average molecular weight is 262 g/mol. The van der Waals surface area contributed by atoms with Gasteiger partial charge in [-0.1, -0.05) is 0 Å². The molecule has 0 bridgehead atoms. The zero-order chi connectivity index (χ0) is 13.4. The summed E-state index contributed by atoms with van der Waals surface area (Å²) in [6.07, 6.45) is 0.767. The number of ether oxygens (including phenoxy) is 4. The van der Waals surface area contributed by atoms with Crippen molar-refractivity contribution in [2.45, 2.75) is 6.42 Å². The molecular weight excluding hydrogens is 248 g/mol. The lowest BCUT2D eigenvalue weighted by atomic mass is 10.1. The van der Waals surface area contributed by atoms with Crippen LogP contribution in [0.4, 0.5) is 0 Å². The summed E-state index contributed by atoms with van der Waals surface area (Å²) in [7, 11) is 4.75. The Labute approximate surface area is 110 Å². The Morgan fingerprint density at radius 3 is 2.58 bits per heavy atom. The number of pyridine rings is 2. The van der Waals surface area contributed by atoms with Gasteiger partial charge in [0.1, 0.15) is 11.0 Å². The van der Waals surface area contributed by atoms with Gasteiger partial charge in [0.15, 0.2) is 11.5 Å². The molecule has 0 aromatic carbocycles. The van der Waals surface area contributed by atoms with Crippen LogP contribution >= 0.6 is 0 Å². The molecule has 1 aliphatic rings. The van der Waals surface area contributed by atoms with Gasteiger partial charge in [-0.2, -0.15) is 0 Å². The van der Waals surface area contributed by atoms with Crippen molar-refractivity contribution in [2.75, 3.05) is 27.9 Å². The minimum atomic E-state index is 0.461. The second kappa shape index (κ2) is 4.46. The highest BCUT2D eigenvalue weighted by Crippen LogP contribution is 2.40. The summed E-state index contributed by atoms with van der Waals surface area (Å²) in [5.74, 6) is 2.31. The van der Waals surface area contributed by atoms with E-state index < -0.39 is 0 Å². The molecule has 0 atom stereocenters. The second-order valence-corrected chi connectivity index (χ2v) is 4.09. The first-order chi connectivity index (χ1) is 9.28. The van der Waals surface area contributed by atoms with E-state index in [0.717, 1.165) is 12.0 Å². The van der Waals surface area contributed by atoms with Gasteiger partial charge in [0.25, 0.3) is 0 Å². The van der Waals surface area contributed by atoms with E-state index in [2.05, 4.69) is 9.97 Å². The predicted molar refractivity (Wildman–Crippen MR) is 68.4 cm³/mol. The molecule has 0 saturated heterocycles. The Morgan fingerprint density at radius 2 is 1.89 bits per heavy atom. The molecule has 19 heavy (non-hydrogen) atoms. The first-order valence-electron chi connectivity index (χ1n) is 5.91. The zero-order valence-electron chi connectivity index (χ0n) is 11.0. The fourth-order valence-corrected chi connectivity index (χ4v) is 2.24. The number of hydrogen-bond acceptors (Lipinski definition) is 6. The summed E-state index contributed by atoms with van der Waals surface area (Å²) in [6.45, 7) is 0.606. The Balaban J connectivity index is 2.39. The molecule has 0 radical (unpaired) electrons. The summed E-state index contributed by atoms with van der Waals surface area (Å²) in [4.78, 5) is 8.87. The highest BCUT2D eigenvalue weighted by molar-refractivity contribution is 5.89. The SMILES string of the molecule is COc1cc(OC)c2nc3c(c(OC)c2n1)CCO3. The Kier molecular flexibility index (Phi) is 2.77. The second-order valence-electron chi connectivity index (χ2n) is 4.09. The minimum absolute atomic E-state index is 0.461. The van der Waals surface area contributed by atoms with Crippen molar-refractivity contribution in [3.05, 3.63) is 11.6 Å². The number of rotatable bonds is 3. The monoisotopic (exact) mass is 262 g/mol. The molecule has 3 heterocycles. The lowest BCUT2D eigenvalue weighted by Gasteiger charge is -2.12. The molecule has 6 nitrogen and oxygen atoms in total. The van der Waals surface area contributed by atoms with Crippen LogP contribution in [0, 0.1) is 0 Å². The quantitative estimate of drug-likeness (QED) is 0.837. The molecule has 0 unspecified atom stereocenters. The highest BCUT2D eigenvalue weighted by Gasteiger charge is 2.24. The Morgan fingerprint density at radius 1 is 1.05 bits per heavy atom. The lowest BCUT2D eigenvalue weighted by Crippen LogP contribution is -1.99. The van der Waals surface area contributed by atoms with Crippen LogP contribution in [0.15, 0.2) is 6.07 Å². The fraction of sp³-hybridized carbons (Fsp3) is 0.385. The molecule has 0 saturated carbocycles. The van der Waals surface area contributed by atoms with E-state index in [1.807, 2.05) is 0 Å². The third-order valence-electron chi connectivity index (χ3n) is 3.12. The van der Waals surface area contributed by atoms with E-state index in [1.165, 1.54) is 0 Å². The van der Waals surface area contributed by atoms with Gasteiger partial charge in [-0.25, -0.2) is 9.97 Å². The van der Waals surface area contributed by atoms with Crippen LogP contribution in [0.5, 0.6) is 23.3 Å². The average Bonchev–Trinajstić information content (AvgIpc) is 2.91. The van der Waals surface area contributed by atoms with Gasteiger partial charge in [0.05, 0.1) is 33.5 Å².